The van der Waals surface area contributed by atoms with Crippen LogP contribution in [0, 0.1) is 6.92 Å². The van der Waals surface area contributed by atoms with E-state index >= 15 is 0 Å². The van der Waals surface area contributed by atoms with E-state index in [1.54, 1.807) is 23.1 Å². The lowest BCUT2D eigenvalue weighted by atomic mass is 10.3. The zero-order valence-corrected chi connectivity index (χ0v) is 15.5. The van der Waals surface area contributed by atoms with Crippen molar-refractivity contribution in [2.24, 2.45) is 12.0 Å². The van der Waals surface area contributed by atoms with Gasteiger partial charge in [-0.25, -0.2) is 9.97 Å². The summed E-state index contributed by atoms with van der Waals surface area (Å²) in [6.07, 6.45) is 2.42. The molecule has 9 heteroatoms. The molecule has 0 saturated heterocycles. The Balaban J connectivity index is 0.00000220. The van der Waals surface area contributed by atoms with Gasteiger partial charge in [-0.15, -0.1) is 35.3 Å². The van der Waals surface area contributed by atoms with Gasteiger partial charge in [0, 0.05) is 32.4 Å². The summed E-state index contributed by atoms with van der Waals surface area (Å²) < 4.78 is 1.73. The Morgan fingerprint density at radius 2 is 2.24 bits per heavy atom. The Hall–Kier alpha value is -1.23. The number of aliphatic imine (C=N–C) groups is 1. The Morgan fingerprint density at radius 3 is 2.81 bits per heavy atom. The molecule has 0 bridgehead atoms. The first kappa shape index (κ1) is 17.8. The fraction of sp³-hybridized carbons (Fsp3) is 0.500. The van der Waals surface area contributed by atoms with Gasteiger partial charge in [0.1, 0.15) is 12.2 Å². The number of hydrogen-bond donors (Lipinski definition) is 2. The second kappa shape index (κ2) is 8.93. The molecule has 0 saturated carbocycles. The number of thiazole rings is 1. The molecule has 0 amide bonds. The third-order valence-corrected chi connectivity index (χ3v) is 3.61. The number of nitrogens with one attached hydrogen (secondary N) is 2. The smallest absolute Gasteiger partial charge is 0.191 e. The lowest BCUT2D eigenvalue weighted by Crippen LogP contribution is -2.38. The zero-order valence-electron chi connectivity index (χ0n) is 12.3. The van der Waals surface area contributed by atoms with Gasteiger partial charge in [0.2, 0.25) is 0 Å². The number of rotatable bonds is 5. The van der Waals surface area contributed by atoms with Crippen LogP contribution >= 0.6 is 35.3 Å². The summed E-state index contributed by atoms with van der Waals surface area (Å²) in [4.78, 5) is 12.8. The molecule has 7 nitrogen and oxygen atoms in total. The average molecular weight is 421 g/mol. The van der Waals surface area contributed by atoms with Crippen molar-refractivity contribution in [3.63, 3.8) is 0 Å². The highest BCUT2D eigenvalue weighted by molar-refractivity contribution is 14.0. The molecular weight excluding hydrogens is 401 g/mol. The Kier molecular flexibility index (Phi) is 7.57. The van der Waals surface area contributed by atoms with Crippen LogP contribution in [0.25, 0.3) is 0 Å². The van der Waals surface area contributed by atoms with Gasteiger partial charge >= 0.3 is 0 Å². The van der Waals surface area contributed by atoms with Crippen LogP contribution in [0.1, 0.15) is 16.5 Å². The number of nitrogens with zero attached hydrogens (tertiary/aromatic N) is 5. The normalized spacial score (nSPS) is 11.1. The summed E-state index contributed by atoms with van der Waals surface area (Å²) in [6.45, 7) is 3.40. The van der Waals surface area contributed by atoms with E-state index in [-0.39, 0.29) is 24.0 Å². The molecule has 0 spiro atoms. The number of hydrogen-bond acceptors (Lipinski definition) is 5. The maximum atomic E-state index is 4.43. The summed E-state index contributed by atoms with van der Waals surface area (Å²) >= 11 is 1.68. The monoisotopic (exact) mass is 421 g/mol. The molecule has 2 heterocycles. The van der Waals surface area contributed by atoms with Crippen LogP contribution in [0.15, 0.2) is 16.7 Å². The minimum absolute atomic E-state index is 0. The van der Waals surface area contributed by atoms with Crippen molar-refractivity contribution in [3.8, 4) is 0 Å². The lowest BCUT2D eigenvalue weighted by molar-refractivity contribution is 0.672. The lowest BCUT2D eigenvalue weighted by Gasteiger charge is -2.10. The minimum Gasteiger partial charge on any atom is -0.356 e. The van der Waals surface area contributed by atoms with E-state index in [4.69, 9.17) is 0 Å². The van der Waals surface area contributed by atoms with Crippen LogP contribution in [0.3, 0.4) is 0 Å². The number of aromatic nitrogens is 4. The molecule has 0 atom stereocenters. The van der Waals surface area contributed by atoms with Crippen molar-refractivity contribution >= 4 is 41.3 Å². The van der Waals surface area contributed by atoms with Crippen molar-refractivity contribution in [2.45, 2.75) is 19.9 Å². The SMILES string of the molecule is CN=C(NCCc1csc(C)n1)NCc1ncnn1C.I. The summed E-state index contributed by atoms with van der Waals surface area (Å²) in [5, 5.41) is 13.7. The second-order valence-corrected chi connectivity index (χ2v) is 5.32. The largest absolute Gasteiger partial charge is 0.356 e. The third-order valence-electron chi connectivity index (χ3n) is 2.78. The first-order valence-corrected chi connectivity index (χ1v) is 7.25. The first-order valence-electron chi connectivity index (χ1n) is 6.37. The van der Waals surface area contributed by atoms with Crippen molar-refractivity contribution in [2.75, 3.05) is 13.6 Å². The van der Waals surface area contributed by atoms with Gasteiger partial charge < -0.3 is 10.6 Å². The van der Waals surface area contributed by atoms with Crippen molar-refractivity contribution in [1.29, 1.82) is 0 Å². The van der Waals surface area contributed by atoms with Crippen molar-refractivity contribution in [3.05, 3.63) is 28.2 Å². The molecule has 21 heavy (non-hydrogen) atoms. The quantitative estimate of drug-likeness (QED) is 0.430. The Morgan fingerprint density at radius 1 is 1.43 bits per heavy atom. The number of guanidine groups is 1. The predicted octanol–water partition coefficient (Wildman–Crippen LogP) is 1.11. The molecule has 0 unspecified atom stereocenters. The van der Waals surface area contributed by atoms with Crippen molar-refractivity contribution < 1.29 is 0 Å². The standard InChI is InChI=1S/C12H19N7S.HI/c1-9-18-10(7-20-9)4-5-14-12(13-2)15-6-11-16-8-17-19(11)3;/h7-8H,4-6H2,1-3H3,(H2,13,14,15);1H. The highest BCUT2D eigenvalue weighted by atomic mass is 127. The van der Waals surface area contributed by atoms with Gasteiger partial charge in [-0.05, 0) is 6.92 Å². The minimum atomic E-state index is 0. The molecule has 2 rings (SSSR count). The van der Waals surface area contributed by atoms with E-state index in [1.807, 2.05) is 14.0 Å². The highest BCUT2D eigenvalue weighted by Crippen LogP contribution is 2.07. The summed E-state index contributed by atoms with van der Waals surface area (Å²) in [7, 11) is 3.61. The molecule has 116 valence electrons. The number of halogens is 1. The van der Waals surface area contributed by atoms with Gasteiger partial charge in [0.25, 0.3) is 0 Å². The fourth-order valence-corrected chi connectivity index (χ4v) is 2.34. The summed E-state index contributed by atoms with van der Waals surface area (Å²) in [5.41, 5.74) is 1.11. The Labute approximate surface area is 145 Å². The fourth-order valence-electron chi connectivity index (χ4n) is 1.70. The van der Waals surface area contributed by atoms with E-state index in [0.29, 0.717) is 6.54 Å². The van der Waals surface area contributed by atoms with E-state index in [1.165, 1.54) is 6.33 Å². The molecule has 0 fully saturated rings. The second-order valence-electron chi connectivity index (χ2n) is 4.26. The maximum Gasteiger partial charge on any atom is 0.191 e. The van der Waals surface area contributed by atoms with Crippen LogP contribution in [-0.4, -0.2) is 39.3 Å². The third kappa shape index (κ3) is 5.58. The van der Waals surface area contributed by atoms with E-state index in [0.717, 1.165) is 35.5 Å². The van der Waals surface area contributed by atoms with Gasteiger partial charge in [-0.2, -0.15) is 5.10 Å². The van der Waals surface area contributed by atoms with Crippen LogP contribution < -0.4 is 10.6 Å². The zero-order chi connectivity index (χ0) is 14.4. The summed E-state index contributed by atoms with van der Waals surface area (Å²) in [6, 6.07) is 0. The molecule has 0 aliphatic carbocycles. The van der Waals surface area contributed by atoms with E-state index in [2.05, 4.69) is 36.1 Å². The molecule has 0 aliphatic heterocycles. The Bertz CT molecular complexity index is 578. The molecular formula is C12H20IN7S. The summed E-state index contributed by atoms with van der Waals surface area (Å²) in [5.74, 6) is 1.61. The predicted molar refractivity (Wildman–Crippen MR) is 95.2 cm³/mol. The van der Waals surface area contributed by atoms with E-state index in [9.17, 15) is 0 Å². The first-order chi connectivity index (χ1) is 9.69. The molecule has 2 aromatic rings. The maximum absolute atomic E-state index is 4.43. The van der Waals surface area contributed by atoms with E-state index < -0.39 is 0 Å². The highest BCUT2D eigenvalue weighted by Gasteiger charge is 2.03. The van der Waals surface area contributed by atoms with Gasteiger partial charge in [-0.3, -0.25) is 9.67 Å². The van der Waals surface area contributed by atoms with Crippen molar-refractivity contribution in [1.82, 2.24) is 30.4 Å². The van der Waals surface area contributed by atoms with Crippen LogP contribution in [-0.2, 0) is 20.0 Å². The van der Waals surface area contributed by atoms with Gasteiger partial charge in [0.05, 0.1) is 17.2 Å². The van der Waals surface area contributed by atoms with Crippen LogP contribution in [0.5, 0.6) is 0 Å². The topological polar surface area (TPSA) is 80.0 Å². The molecule has 0 aromatic carbocycles. The molecule has 0 aliphatic rings. The molecule has 2 aromatic heterocycles. The van der Waals surface area contributed by atoms with Crippen LogP contribution in [0.2, 0.25) is 0 Å². The average Bonchev–Trinajstić information content (AvgIpc) is 3.03. The molecule has 0 radical (unpaired) electrons. The van der Waals surface area contributed by atoms with Gasteiger partial charge in [0.15, 0.2) is 5.96 Å². The molecule has 2 N–H and O–H groups in total. The van der Waals surface area contributed by atoms with Crippen LogP contribution in [0.4, 0.5) is 0 Å². The number of aryl methyl sites for hydroxylation is 2. The van der Waals surface area contributed by atoms with Gasteiger partial charge in [-0.1, -0.05) is 0 Å².